The maximum Gasteiger partial charge on any atom is 0.236 e. The molecule has 5 heteroatoms. The van der Waals surface area contributed by atoms with Gasteiger partial charge in [0, 0.05) is 30.5 Å². The van der Waals surface area contributed by atoms with Crippen molar-refractivity contribution in [2.24, 2.45) is 0 Å². The number of halogens is 1. The molecule has 0 aliphatic carbocycles. The topological polar surface area (TPSA) is 45.2 Å². The van der Waals surface area contributed by atoms with Gasteiger partial charge in [-0.15, -0.1) is 0 Å². The third-order valence-corrected chi connectivity index (χ3v) is 5.13. The lowest BCUT2D eigenvalue weighted by Gasteiger charge is -2.39. The first-order valence-electron chi connectivity index (χ1n) is 7.88. The predicted octanol–water partition coefficient (Wildman–Crippen LogP) is 3.02. The lowest BCUT2D eigenvalue weighted by molar-refractivity contribution is -0.121. The summed E-state index contributed by atoms with van der Waals surface area (Å²) in [7, 11) is 0. The molecule has 0 unspecified atom stereocenters. The number of aromatic nitrogens is 1. The molecule has 2 aromatic rings. The summed E-state index contributed by atoms with van der Waals surface area (Å²) >= 11 is 0. The highest BCUT2D eigenvalue weighted by Crippen LogP contribution is 2.44. The zero-order valence-corrected chi connectivity index (χ0v) is 13.0. The summed E-state index contributed by atoms with van der Waals surface area (Å²) in [6.07, 6.45) is 3.13. The Morgan fingerprint density at radius 3 is 2.78 bits per heavy atom. The van der Waals surface area contributed by atoms with Gasteiger partial charge in [0.2, 0.25) is 5.91 Å². The lowest BCUT2D eigenvalue weighted by atomic mass is 9.74. The molecule has 1 N–H and O–H groups in total. The van der Waals surface area contributed by atoms with Crippen LogP contribution in [-0.2, 0) is 10.2 Å². The zero-order valence-electron chi connectivity index (χ0n) is 13.0. The third-order valence-electron chi connectivity index (χ3n) is 5.13. The number of hydrogen-bond donors (Lipinski definition) is 1. The first-order chi connectivity index (χ1) is 11.1. The van der Waals surface area contributed by atoms with Gasteiger partial charge in [-0.3, -0.25) is 4.79 Å². The maximum atomic E-state index is 13.8. The van der Waals surface area contributed by atoms with Gasteiger partial charge in [0.05, 0.1) is 5.41 Å². The minimum absolute atomic E-state index is 0.0425. The summed E-state index contributed by atoms with van der Waals surface area (Å²) < 4.78 is 13.8. The largest absolute Gasteiger partial charge is 0.371 e. The second kappa shape index (κ2) is 5.05. The van der Waals surface area contributed by atoms with Crippen LogP contribution in [0.1, 0.15) is 24.0 Å². The highest BCUT2D eigenvalue weighted by molar-refractivity contribution is 6.05. The Bertz CT molecular complexity index is 782. The number of rotatable bonds is 1. The normalized spacial score (nSPS) is 18.9. The summed E-state index contributed by atoms with van der Waals surface area (Å²) in [5.74, 6) is 0.546. The summed E-state index contributed by atoms with van der Waals surface area (Å²) in [5, 5.41) is 2.90. The van der Waals surface area contributed by atoms with Gasteiger partial charge in [-0.05, 0) is 43.5 Å². The highest BCUT2D eigenvalue weighted by atomic mass is 19.1. The van der Waals surface area contributed by atoms with Gasteiger partial charge in [0.1, 0.15) is 11.6 Å². The molecule has 0 radical (unpaired) electrons. The Morgan fingerprint density at radius 2 is 2.04 bits per heavy atom. The van der Waals surface area contributed by atoms with Crippen molar-refractivity contribution in [3.05, 3.63) is 53.5 Å². The van der Waals surface area contributed by atoms with E-state index in [1.54, 1.807) is 25.3 Å². The number of hydrogen-bond acceptors (Lipinski definition) is 3. The molecule has 1 aromatic heterocycles. The summed E-state index contributed by atoms with van der Waals surface area (Å²) in [6.45, 7) is 3.21. The van der Waals surface area contributed by atoms with Gasteiger partial charge in [-0.2, -0.15) is 0 Å². The van der Waals surface area contributed by atoms with E-state index in [1.807, 2.05) is 18.2 Å². The number of amides is 1. The Kier molecular flexibility index (Phi) is 3.11. The van der Waals surface area contributed by atoms with Gasteiger partial charge < -0.3 is 10.2 Å². The van der Waals surface area contributed by atoms with Crippen LogP contribution >= 0.6 is 0 Å². The molecule has 2 aliphatic heterocycles. The molecule has 0 atom stereocenters. The summed E-state index contributed by atoms with van der Waals surface area (Å²) in [6, 6.07) is 9.19. The Balaban J connectivity index is 1.59. The number of fused-ring (bicyclic) bond motifs is 2. The molecule has 118 valence electrons. The van der Waals surface area contributed by atoms with Gasteiger partial charge in [0.25, 0.3) is 0 Å². The van der Waals surface area contributed by atoms with Crippen LogP contribution in [0.3, 0.4) is 0 Å². The maximum absolute atomic E-state index is 13.8. The first-order valence-corrected chi connectivity index (χ1v) is 7.88. The van der Waals surface area contributed by atoms with Crippen molar-refractivity contribution in [3.8, 4) is 0 Å². The van der Waals surface area contributed by atoms with E-state index in [2.05, 4.69) is 15.2 Å². The molecule has 1 saturated heterocycles. The van der Waals surface area contributed by atoms with Crippen LogP contribution in [0.4, 0.5) is 15.9 Å². The average Bonchev–Trinajstić information content (AvgIpc) is 2.83. The fraction of sp³-hybridized carbons (Fsp3) is 0.333. The second-order valence-electron chi connectivity index (χ2n) is 6.36. The number of nitrogens with one attached hydrogen (secondary N) is 1. The monoisotopic (exact) mass is 311 g/mol. The van der Waals surface area contributed by atoms with E-state index >= 15 is 0 Å². The van der Waals surface area contributed by atoms with E-state index in [4.69, 9.17) is 0 Å². The van der Waals surface area contributed by atoms with Crippen LogP contribution in [0, 0.1) is 12.7 Å². The van der Waals surface area contributed by atoms with Crippen LogP contribution in [0.5, 0.6) is 0 Å². The number of nitrogens with zero attached hydrogens (tertiary/aromatic N) is 2. The van der Waals surface area contributed by atoms with E-state index in [0.717, 1.165) is 24.3 Å². The SMILES string of the molecule is Cc1ccc(N2CCC3(CC2)C(=O)Nc2ncccc23)cc1F. The molecule has 1 spiro atoms. The molecular weight excluding hydrogens is 293 g/mol. The molecular formula is C18H18FN3O. The van der Waals surface area contributed by atoms with E-state index in [1.165, 1.54) is 0 Å². The molecule has 0 saturated carbocycles. The van der Waals surface area contributed by atoms with Crippen molar-refractivity contribution in [3.63, 3.8) is 0 Å². The smallest absolute Gasteiger partial charge is 0.236 e. The fourth-order valence-corrected chi connectivity index (χ4v) is 3.66. The number of carbonyl (C=O) groups excluding carboxylic acids is 1. The van der Waals surface area contributed by atoms with Gasteiger partial charge >= 0.3 is 0 Å². The van der Waals surface area contributed by atoms with Crippen LogP contribution in [-0.4, -0.2) is 24.0 Å². The zero-order chi connectivity index (χ0) is 16.0. The van der Waals surface area contributed by atoms with Crippen molar-refractivity contribution in [2.75, 3.05) is 23.3 Å². The fourth-order valence-electron chi connectivity index (χ4n) is 3.66. The Labute approximate surface area is 134 Å². The molecule has 4 nitrogen and oxygen atoms in total. The number of carbonyl (C=O) groups is 1. The number of piperidine rings is 1. The van der Waals surface area contributed by atoms with Crippen molar-refractivity contribution < 1.29 is 9.18 Å². The highest BCUT2D eigenvalue weighted by Gasteiger charge is 2.48. The van der Waals surface area contributed by atoms with Crippen LogP contribution in [0.15, 0.2) is 36.5 Å². The quantitative estimate of drug-likeness (QED) is 0.880. The second-order valence-corrected chi connectivity index (χ2v) is 6.36. The molecule has 0 bridgehead atoms. The summed E-state index contributed by atoms with van der Waals surface area (Å²) in [4.78, 5) is 18.9. The Morgan fingerprint density at radius 1 is 1.26 bits per heavy atom. The minimum atomic E-state index is -0.483. The van der Waals surface area contributed by atoms with Crippen LogP contribution in [0.2, 0.25) is 0 Å². The van der Waals surface area contributed by atoms with Gasteiger partial charge in [0.15, 0.2) is 0 Å². The predicted molar refractivity (Wildman–Crippen MR) is 87.1 cm³/mol. The van der Waals surface area contributed by atoms with Crippen molar-refractivity contribution in [1.82, 2.24) is 4.98 Å². The molecule has 2 aliphatic rings. The molecule has 1 fully saturated rings. The van der Waals surface area contributed by atoms with Crippen LogP contribution < -0.4 is 10.2 Å². The van der Waals surface area contributed by atoms with E-state index < -0.39 is 5.41 Å². The molecule has 4 rings (SSSR count). The van der Waals surface area contributed by atoms with Crippen molar-refractivity contribution >= 4 is 17.4 Å². The van der Waals surface area contributed by atoms with Crippen molar-refractivity contribution in [1.29, 1.82) is 0 Å². The number of aryl methyl sites for hydroxylation is 1. The molecule has 1 aromatic carbocycles. The Hall–Kier alpha value is -2.43. The van der Waals surface area contributed by atoms with Gasteiger partial charge in [-0.1, -0.05) is 12.1 Å². The van der Waals surface area contributed by atoms with E-state index in [0.29, 0.717) is 24.2 Å². The third kappa shape index (κ3) is 2.11. The van der Waals surface area contributed by atoms with Gasteiger partial charge in [-0.25, -0.2) is 9.37 Å². The standard InChI is InChI=1S/C18H18FN3O/c1-12-4-5-13(11-15(12)19)22-9-6-18(7-10-22)14-3-2-8-20-16(14)21-17(18)23/h2-5,8,11H,6-7,9-10H2,1H3,(H,20,21,23). The van der Waals surface area contributed by atoms with Crippen molar-refractivity contribution in [2.45, 2.75) is 25.2 Å². The number of benzene rings is 1. The molecule has 1 amide bonds. The van der Waals surface area contributed by atoms with Crippen LogP contribution in [0.25, 0.3) is 0 Å². The van der Waals surface area contributed by atoms with E-state index in [-0.39, 0.29) is 11.7 Å². The number of pyridine rings is 1. The minimum Gasteiger partial charge on any atom is -0.371 e. The summed E-state index contributed by atoms with van der Waals surface area (Å²) in [5.41, 5.74) is 2.05. The molecule has 3 heterocycles. The average molecular weight is 311 g/mol. The lowest BCUT2D eigenvalue weighted by Crippen LogP contribution is -2.46. The first kappa shape index (κ1) is 14.2. The number of anilines is 2. The van der Waals surface area contributed by atoms with E-state index in [9.17, 15) is 9.18 Å². The molecule has 23 heavy (non-hydrogen) atoms.